The fourth-order valence-corrected chi connectivity index (χ4v) is 2.31. The molecule has 3 nitrogen and oxygen atoms in total. The lowest BCUT2D eigenvalue weighted by molar-refractivity contribution is -0.124. The standard InChI is InChI=1S/C20H24O3/c1-15(21)20(2,3)13-17-10-11-18(22-4)19(12-17)23-14-16-8-6-5-7-9-16/h5-12H,13-14H2,1-4H3. The Labute approximate surface area is 138 Å². The van der Waals surface area contributed by atoms with Gasteiger partial charge in [0.05, 0.1) is 7.11 Å². The second kappa shape index (κ2) is 7.32. The highest BCUT2D eigenvalue weighted by Gasteiger charge is 2.24. The first-order chi connectivity index (χ1) is 10.9. The Morgan fingerprint density at radius 3 is 2.30 bits per heavy atom. The Hall–Kier alpha value is -2.29. The molecule has 122 valence electrons. The maximum atomic E-state index is 11.7. The zero-order valence-corrected chi connectivity index (χ0v) is 14.3. The number of hydrogen-bond donors (Lipinski definition) is 0. The molecule has 0 aromatic heterocycles. The van der Waals surface area contributed by atoms with E-state index in [4.69, 9.17) is 9.47 Å². The van der Waals surface area contributed by atoms with Gasteiger partial charge in [-0.1, -0.05) is 50.2 Å². The highest BCUT2D eigenvalue weighted by molar-refractivity contribution is 5.81. The van der Waals surface area contributed by atoms with E-state index < -0.39 is 0 Å². The van der Waals surface area contributed by atoms with Crippen LogP contribution in [-0.2, 0) is 17.8 Å². The van der Waals surface area contributed by atoms with Crippen molar-refractivity contribution in [1.29, 1.82) is 0 Å². The van der Waals surface area contributed by atoms with E-state index in [1.807, 2.05) is 62.4 Å². The number of rotatable bonds is 7. The van der Waals surface area contributed by atoms with E-state index >= 15 is 0 Å². The second-order valence-electron chi connectivity index (χ2n) is 6.38. The van der Waals surface area contributed by atoms with Crippen molar-refractivity contribution in [2.75, 3.05) is 7.11 Å². The summed E-state index contributed by atoms with van der Waals surface area (Å²) in [6, 6.07) is 15.8. The highest BCUT2D eigenvalue weighted by atomic mass is 16.5. The van der Waals surface area contributed by atoms with Crippen LogP contribution >= 0.6 is 0 Å². The number of methoxy groups -OCH3 is 1. The summed E-state index contributed by atoms with van der Waals surface area (Å²) in [4.78, 5) is 11.7. The molecule has 0 amide bonds. The minimum absolute atomic E-state index is 0.181. The lowest BCUT2D eigenvalue weighted by Crippen LogP contribution is -2.24. The van der Waals surface area contributed by atoms with E-state index in [-0.39, 0.29) is 11.2 Å². The number of benzene rings is 2. The van der Waals surface area contributed by atoms with E-state index in [9.17, 15) is 4.79 Å². The summed E-state index contributed by atoms with van der Waals surface area (Å²) in [7, 11) is 1.63. The Bertz CT molecular complexity index is 660. The van der Waals surface area contributed by atoms with Crippen molar-refractivity contribution >= 4 is 5.78 Å². The van der Waals surface area contributed by atoms with Gasteiger partial charge in [-0.25, -0.2) is 0 Å². The number of carbonyl (C=O) groups is 1. The fraction of sp³-hybridized carbons (Fsp3) is 0.350. The van der Waals surface area contributed by atoms with Gasteiger partial charge in [-0.3, -0.25) is 4.79 Å². The summed E-state index contributed by atoms with van der Waals surface area (Å²) < 4.78 is 11.3. The van der Waals surface area contributed by atoms with Crippen molar-refractivity contribution in [3.63, 3.8) is 0 Å². The van der Waals surface area contributed by atoms with Crippen LogP contribution in [0.1, 0.15) is 31.9 Å². The molecular weight excluding hydrogens is 288 g/mol. The smallest absolute Gasteiger partial charge is 0.161 e. The summed E-state index contributed by atoms with van der Waals surface area (Å²) in [6.45, 7) is 6.04. The van der Waals surface area contributed by atoms with E-state index in [1.54, 1.807) is 14.0 Å². The molecule has 23 heavy (non-hydrogen) atoms. The molecule has 0 saturated heterocycles. The molecule has 0 atom stereocenters. The Morgan fingerprint density at radius 2 is 1.70 bits per heavy atom. The first-order valence-corrected chi connectivity index (χ1v) is 7.77. The molecule has 2 aromatic rings. The molecule has 2 aromatic carbocycles. The molecule has 0 heterocycles. The molecule has 0 aliphatic heterocycles. The predicted octanol–water partition coefficient (Wildman–Crippen LogP) is 4.43. The van der Waals surface area contributed by atoms with Crippen LogP contribution in [0, 0.1) is 5.41 Å². The molecule has 2 rings (SSSR count). The molecule has 0 bridgehead atoms. The van der Waals surface area contributed by atoms with Crippen molar-refractivity contribution in [2.45, 2.75) is 33.8 Å². The summed E-state index contributed by atoms with van der Waals surface area (Å²) in [5.74, 6) is 1.58. The molecular formula is C20H24O3. The molecule has 0 fully saturated rings. The van der Waals surface area contributed by atoms with Gasteiger partial charge in [-0.05, 0) is 36.6 Å². The third kappa shape index (κ3) is 4.59. The minimum Gasteiger partial charge on any atom is -0.493 e. The van der Waals surface area contributed by atoms with Gasteiger partial charge in [0.1, 0.15) is 12.4 Å². The largest absolute Gasteiger partial charge is 0.493 e. The fourth-order valence-electron chi connectivity index (χ4n) is 2.31. The first kappa shape index (κ1) is 17.1. The summed E-state index contributed by atoms with van der Waals surface area (Å²) in [5, 5.41) is 0. The number of Topliss-reactive ketones (excluding diaryl/α,β-unsaturated/α-hetero) is 1. The molecule has 3 heteroatoms. The zero-order chi connectivity index (χ0) is 16.9. The molecule has 0 radical (unpaired) electrons. The third-order valence-corrected chi connectivity index (χ3v) is 4.06. The lowest BCUT2D eigenvalue weighted by Gasteiger charge is -2.22. The van der Waals surface area contributed by atoms with Crippen LogP contribution < -0.4 is 9.47 Å². The van der Waals surface area contributed by atoms with Crippen molar-refractivity contribution < 1.29 is 14.3 Å². The Balaban J connectivity index is 2.17. The molecule has 0 unspecified atom stereocenters. The average Bonchev–Trinajstić information content (AvgIpc) is 2.53. The number of hydrogen-bond acceptors (Lipinski definition) is 3. The van der Waals surface area contributed by atoms with Crippen molar-refractivity contribution in [1.82, 2.24) is 0 Å². The van der Waals surface area contributed by atoms with Crippen LogP contribution in [0.25, 0.3) is 0 Å². The summed E-state index contributed by atoms with van der Waals surface area (Å²) >= 11 is 0. The summed E-state index contributed by atoms with van der Waals surface area (Å²) in [6.07, 6.45) is 0.675. The van der Waals surface area contributed by atoms with Crippen molar-refractivity contribution in [2.24, 2.45) is 5.41 Å². The SMILES string of the molecule is COc1ccc(CC(C)(C)C(C)=O)cc1OCc1ccccc1. The average molecular weight is 312 g/mol. The Kier molecular flexibility index (Phi) is 5.43. The molecule has 0 saturated carbocycles. The maximum Gasteiger partial charge on any atom is 0.161 e. The van der Waals surface area contributed by atoms with Gasteiger partial charge < -0.3 is 9.47 Å². The van der Waals surface area contributed by atoms with Gasteiger partial charge in [0.15, 0.2) is 11.5 Å². The zero-order valence-electron chi connectivity index (χ0n) is 14.3. The van der Waals surface area contributed by atoms with E-state index in [0.29, 0.717) is 24.5 Å². The van der Waals surface area contributed by atoms with Crippen LogP contribution in [0.15, 0.2) is 48.5 Å². The molecule has 0 spiro atoms. The molecule has 0 N–H and O–H groups in total. The van der Waals surface area contributed by atoms with Gasteiger partial charge in [0.25, 0.3) is 0 Å². The van der Waals surface area contributed by atoms with Crippen LogP contribution in [-0.4, -0.2) is 12.9 Å². The molecule has 0 aliphatic carbocycles. The lowest BCUT2D eigenvalue weighted by atomic mass is 9.82. The monoisotopic (exact) mass is 312 g/mol. The van der Waals surface area contributed by atoms with E-state index in [1.165, 1.54) is 0 Å². The predicted molar refractivity (Wildman–Crippen MR) is 91.9 cm³/mol. The first-order valence-electron chi connectivity index (χ1n) is 7.77. The van der Waals surface area contributed by atoms with E-state index in [2.05, 4.69) is 0 Å². The van der Waals surface area contributed by atoms with Gasteiger partial charge in [-0.2, -0.15) is 0 Å². The minimum atomic E-state index is -0.384. The van der Waals surface area contributed by atoms with Gasteiger partial charge in [0.2, 0.25) is 0 Å². The second-order valence-corrected chi connectivity index (χ2v) is 6.38. The van der Waals surface area contributed by atoms with Crippen molar-refractivity contribution in [3.8, 4) is 11.5 Å². The van der Waals surface area contributed by atoms with Crippen LogP contribution in [0.5, 0.6) is 11.5 Å². The topological polar surface area (TPSA) is 35.5 Å². The van der Waals surface area contributed by atoms with Crippen LogP contribution in [0.4, 0.5) is 0 Å². The van der Waals surface area contributed by atoms with E-state index in [0.717, 1.165) is 11.1 Å². The summed E-state index contributed by atoms with van der Waals surface area (Å²) in [5.41, 5.74) is 1.78. The van der Waals surface area contributed by atoms with Gasteiger partial charge in [0, 0.05) is 5.41 Å². The van der Waals surface area contributed by atoms with Gasteiger partial charge >= 0.3 is 0 Å². The number of ether oxygens (including phenoxy) is 2. The quantitative estimate of drug-likeness (QED) is 0.758. The Morgan fingerprint density at radius 1 is 1.00 bits per heavy atom. The van der Waals surface area contributed by atoms with Gasteiger partial charge in [-0.15, -0.1) is 0 Å². The number of carbonyl (C=O) groups excluding carboxylic acids is 1. The normalized spacial score (nSPS) is 11.1. The highest BCUT2D eigenvalue weighted by Crippen LogP contribution is 2.32. The van der Waals surface area contributed by atoms with Crippen LogP contribution in [0.2, 0.25) is 0 Å². The number of ketones is 1. The third-order valence-electron chi connectivity index (χ3n) is 4.06. The van der Waals surface area contributed by atoms with Crippen LogP contribution in [0.3, 0.4) is 0 Å². The maximum absolute atomic E-state index is 11.7. The van der Waals surface area contributed by atoms with Crippen molar-refractivity contribution in [3.05, 3.63) is 59.7 Å². The molecule has 0 aliphatic rings.